The van der Waals surface area contributed by atoms with Gasteiger partial charge in [0.25, 0.3) is 0 Å². The van der Waals surface area contributed by atoms with Crippen LogP contribution in [0.25, 0.3) is 0 Å². The zero-order chi connectivity index (χ0) is 17.0. The average Bonchev–Trinajstić information content (AvgIpc) is 3.18. The summed E-state index contributed by atoms with van der Waals surface area (Å²) in [5.74, 6) is 0.181. The highest BCUT2D eigenvalue weighted by molar-refractivity contribution is 7.90. The minimum Gasteiger partial charge on any atom is -0.486 e. The van der Waals surface area contributed by atoms with Gasteiger partial charge in [0, 0.05) is 12.0 Å². The summed E-state index contributed by atoms with van der Waals surface area (Å²) in [6.45, 7) is 0.865. The van der Waals surface area contributed by atoms with E-state index in [1.807, 2.05) is 0 Å². The number of sulfone groups is 1. The van der Waals surface area contributed by atoms with Crippen molar-refractivity contribution in [2.75, 3.05) is 12.4 Å². The molecule has 1 aromatic carbocycles. The first kappa shape index (κ1) is 17.3. The molecule has 8 heteroatoms. The Balaban J connectivity index is 1.53. The molecule has 2 heterocycles. The van der Waals surface area contributed by atoms with Gasteiger partial charge in [0.1, 0.15) is 23.2 Å². The van der Waals surface area contributed by atoms with Crippen molar-refractivity contribution in [3.8, 4) is 5.75 Å². The molecular formula is C16H18FNO4S2. The van der Waals surface area contributed by atoms with Crippen molar-refractivity contribution in [2.45, 2.75) is 31.3 Å². The van der Waals surface area contributed by atoms with E-state index in [2.05, 4.69) is 4.98 Å². The van der Waals surface area contributed by atoms with Gasteiger partial charge in [-0.3, -0.25) is 0 Å². The van der Waals surface area contributed by atoms with Crippen LogP contribution in [0.4, 0.5) is 4.39 Å². The fourth-order valence-corrected chi connectivity index (χ4v) is 4.86. The van der Waals surface area contributed by atoms with E-state index in [4.69, 9.17) is 9.47 Å². The highest BCUT2D eigenvalue weighted by Crippen LogP contribution is 2.19. The van der Waals surface area contributed by atoms with Crippen LogP contribution >= 0.6 is 11.3 Å². The largest absolute Gasteiger partial charge is 0.486 e. The minimum atomic E-state index is -3.24. The zero-order valence-electron chi connectivity index (χ0n) is 13.0. The van der Waals surface area contributed by atoms with Crippen molar-refractivity contribution in [3.05, 3.63) is 46.2 Å². The lowest BCUT2D eigenvalue weighted by molar-refractivity contribution is 0.127. The van der Waals surface area contributed by atoms with Gasteiger partial charge in [-0.2, -0.15) is 0 Å². The summed E-state index contributed by atoms with van der Waals surface area (Å²) in [6.07, 6.45) is 1.53. The lowest BCUT2D eigenvalue weighted by Crippen LogP contribution is -2.21. The molecule has 1 aliphatic heterocycles. The third kappa shape index (κ3) is 4.99. The normalized spacial score (nSPS) is 18.0. The van der Waals surface area contributed by atoms with Crippen LogP contribution in [-0.4, -0.2) is 31.9 Å². The van der Waals surface area contributed by atoms with E-state index in [1.54, 1.807) is 5.38 Å². The van der Waals surface area contributed by atoms with Crippen molar-refractivity contribution in [1.82, 2.24) is 4.98 Å². The Morgan fingerprint density at radius 1 is 1.33 bits per heavy atom. The third-order valence-corrected chi connectivity index (χ3v) is 6.09. The van der Waals surface area contributed by atoms with E-state index in [1.165, 1.54) is 35.6 Å². The highest BCUT2D eigenvalue weighted by atomic mass is 32.2. The second-order valence-corrected chi connectivity index (χ2v) is 8.72. The van der Waals surface area contributed by atoms with Gasteiger partial charge in [-0.25, -0.2) is 17.8 Å². The molecule has 0 bridgehead atoms. The predicted octanol–water partition coefficient (Wildman–Crippen LogP) is 2.96. The van der Waals surface area contributed by atoms with Gasteiger partial charge in [0.2, 0.25) is 0 Å². The van der Waals surface area contributed by atoms with Crippen LogP contribution < -0.4 is 4.74 Å². The van der Waals surface area contributed by atoms with Crippen molar-refractivity contribution < 1.29 is 22.3 Å². The summed E-state index contributed by atoms with van der Waals surface area (Å²) < 4.78 is 48.1. The quantitative estimate of drug-likeness (QED) is 0.749. The third-order valence-electron chi connectivity index (χ3n) is 3.61. The Morgan fingerprint density at radius 3 is 2.83 bits per heavy atom. The molecule has 0 spiro atoms. The van der Waals surface area contributed by atoms with E-state index in [0.29, 0.717) is 23.1 Å². The Kier molecular flexibility index (Phi) is 5.47. The van der Waals surface area contributed by atoms with Crippen molar-refractivity contribution in [2.24, 2.45) is 0 Å². The number of rotatable bonds is 7. The molecular weight excluding hydrogens is 353 g/mol. The maximum Gasteiger partial charge on any atom is 0.158 e. The molecule has 1 atom stereocenters. The van der Waals surface area contributed by atoms with E-state index in [9.17, 15) is 12.8 Å². The average molecular weight is 371 g/mol. The second kappa shape index (κ2) is 7.58. The monoisotopic (exact) mass is 371 g/mol. The van der Waals surface area contributed by atoms with E-state index in [0.717, 1.165) is 12.8 Å². The number of thiazole rings is 1. The van der Waals surface area contributed by atoms with E-state index < -0.39 is 9.84 Å². The molecule has 0 amide bonds. The van der Waals surface area contributed by atoms with Crippen LogP contribution in [0, 0.1) is 5.82 Å². The van der Waals surface area contributed by atoms with Gasteiger partial charge >= 0.3 is 0 Å². The fraction of sp³-hybridized carbons (Fsp3) is 0.438. The molecule has 2 aromatic rings. The van der Waals surface area contributed by atoms with Crippen LogP contribution in [0.1, 0.15) is 23.5 Å². The topological polar surface area (TPSA) is 65.5 Å². The smallest absolute Gasteiger partial charge is 0.158 e. The van der Waals surface area contributed by atoms with Gasteiger partial charge in [0.15, 0.2) is 9.84 Å². The summed E-state index contributed by atoms with van der Waals surface area (Å²) in [5, 5.41) is 2.41. The first-order chi connectivity index (χ1) is 11.5. The lowest BCUT2D eigenvalue weighted by atomic mass is 10.3. The summed E-state index contributed by atoms with van der Waals surface area (Å²) in [7, 11) is -3.24. The second-order valence-electron chi connectivity index (χ2n) is 5.66. The molecule has 0 aliphatic carbocycles. The van der Waals surface area contributed by atoms with Gasteiger partial charge in [-0.1, -0.05) is 0 Å². The molecule has 1 saturated heterocycles. The van der Waals surface area contributed by atoms with Crippen LogP contribution in [0.5, 0.6) is 5.75 Å². The fourth-order valence-electron chi connectivity index (χ4n) is 2.50. The number of benzene rings is 1. The standard InChI is InChI=1S/C16H18FNO4S2/c17-12-3-5-14(6-4-12)22-8-16-18-13(9-23-16)10-24(19,20)11-15-2-1-7-21-15/h3-6,9,15H,1-2,7-8,10-11H2/t15-/m0/s1. The summed E-state index contributed by atoms with van der Waals surface area (Å²) in [4.78, 5) is 4.30. The summed E-state index contributed by atoms with van der Waals surface area (Å²) in [6, 6.07) is 5.71. The molecule has 0 N–H and O–H groups in total. The maximum atomic E-state index is 12.8. The van der Waals surface area contributed by atoms with Crippen molar-refractivity contribution in [1.29, 1.82) is 0 Å². The lowest BCUT2D eigenvalue weighted by Gasteiger charge is -2.09. The van der Waals surface area contributed by atoms with Crippen molar-refractivity contribution >= 4 is 21.2 Å². The highest BCUT2D eigenvalue weighted by Gasteiger charge is 2.24. The van der Waals surface area contributed by atoms with Gasteiger partial charge in [-0.05, 0) is 37.1 Å². The molecule has 24 heavy (non-hydrogen) atoms. The Labute approximate surface area is 144 Å². The number of halogens is 1. The van der Waals surface area contributed by atoms with Gasteiger partial charge < -0.3 is 9.47 Å². The molecule has 0 saturated carbocycles. The first-order valence-electron chi connectivity index (χ1n) is 7.64. The zero-order valence-corrected chi connectivity index (χ0v) is 14.6. The molecule has 1 fully saturated rings. The minimum absolute atomic E-state index is 0.0476. The molecule has 0 radical (unpaired) electrons. The van der Waals surface area contributed by atoms with Gasteiger partial charge in [-0.15, -0.1) is 11.3 Å². The van der Waals surface area contributed by atoms with E-state index >= 15 is 0 Å². The molecule has 1 aromatic heterocycles. The van der Waals surface area contributed by atoms with Crippen LogP contribution in [-0.2, 0) is 26.9 Å². The maximum absolute atomic E-state index is 12.8. The molecule has 0 unspecified atom stereocenters. The number of ether oxygens (including phenoxy) is 2. The molecule has 130 valence electrons. The Hall–Kier alpha value is -1.51. The number of nitrogens with zero attached hydrogens (tertiary/aromatic N) is 1. The molecule has 1 aliphatic rings. The van der Waals surface area contributed by atoms with E-state index in [-0.39, 0.29) is 30.0 Å². The Bertz CT molecular complexity index is 768. The van der Waals surface area contributed by atoms with Crippen LogP contribution in [0.15, 0.2) is 29.6 Å². The van der Waals surface area contributed by atoms with Gasteiger partial charge in [0.05, 0.1) is 23.3 Å². The number of aromatic nitrogens is 1. The summed E-state index contributed by atoms with van der Waals surface area (Å²) >= 11 is 1.35. The van der Waals surface area contributed by atoms with Crippen LogP contribution in [0.3, 0.4) is 0 Å². The summed E-state index contributed by atoms with van der Waals surface area (Å²) in [5.41, 5.74) is 0.524. The van der Waals surface area contributed by atoms with Crippen molar-refractivity contribution in [3.63, 3.8) is 0 Å². The molecule has 5 nitrogen and oxygen atoms in total. The first-order valence-corrected chi connectivity index (χ1v) is 10.3. The Morgan fingerprint density at radius 2 is 2.12 bits per heavy atom. The number of hydrogen-bond donors (Lipinski definition) is 0. The number of hydrogen-bond acceptors (Lipinski definition) is 6. The van der Waals surface area contributed by atoms with Crippen LogP contribution in [0.2, 0.25) is 0 Å². The predicted molar refractivity (Wildman–Crippen MR) is 89.3 cm³/mol. The molecule has 3 rings (SSSR count). The SMILES string of the molecule is O=S(=O)(Cc1csc(COc2ccc(F)cc2)n1)C[C@@H]1CCCO1.